The number of rotatable bonds is 3. The summed E-state index contributed by atoms with van der Waals surface area (Å²) in [6.07, 6.45) is 3.68. The van der Waals surface area contributed by atoms with E-state index in [2.05, 4.69) is 77.8 Å². The molecule has 0 aliphatic carbocycles. The third-order valence-electron chi connectivity index (χ3n) is 8.17. The van der Waals surface area contributed by atoms with E-state index < -0.39 is 0 Å². The monoisotopic (exact) mass is 550 g/mol. The van der Waals surface area contributed by atoms with Gasteiger partial charge < -0.3 is 4.42 Å². The molecule has 0 spiro atoms. The van der Waals surface area contributed by atoms with Crippen molar-refractivity contribution in [3.63, 3.8) is 0 Å². The van der Waals surface area contributed by atoms with E-state index in [1.807, 2.05) is 60.9 Å². The van der Waals surface area contributed by atoms with Crippen LogP contribution in [0, 0.1) is 0 Å². The summed E-state index contributed by atoms with van der Waals surface area (Å²) in [7, 11) is 0. The summed E-state index contributed by atoms with van der Waals surface area (Å²) in [5, 5.41) is 8.75. The Morgan fingerprint density at radius 1 is 0.442 bits per heavy atom. The van der Waals surface area contributed by atoms with Crippen molar-refractivity contribution in [2.45, 2.75) is 0 Å². The van der Waals surface area contributed by atoms with Crippen molar-refractivity contribution in [3.8, 4) is 34.2 Å². The molecular formula is C38H22N4O. The Morgan fingerprint density at radius 2 is 1.19 bits per heavy atom. The predicted molar refractivity (Wildman–Crippen MR) is 174 cm³/mol. The zero-order valence-electron chi connectivity index (χ0n) is 22.9. The Labute approximate surface area is 246 Å². The Kier molecular flexibility index (Phi) is 5.13. The number of benzene rings is 6. The van der Waals surface area contributed by atoms with Crippen LogP contribution in [0.2, 0.25) is 0 Å². The number of nitrogens with zero attached hydrogens (tertiary/aromatic N) is 4. The first-order chi connectivity index (χ1) is 21.3. The molecule has 0 radical (unpaired) electrons. The lowest BCUT2D eigenvalue weighted by atomic mass is 9.96. The van der Waals surface area contributed by atoms with Gasteiger partial charge in [0.05, 0.1) is 0 Å². The average Bonchev–Trinajstić information content (AvgIpc) is 3.44. The zero-order valence-corrected chi connectivity index (χ0v) is 22.9. The van der Waals surface area contributed by atoms with E-state index in [4.69, 9.17) is 19.4 Å². The Bertz CT molecular complexity index is 2520. The Hall–Kier alpha value is -5.94. The van der Waals surface area contributed by atoms with Crippen molar-refractivity contribution in [2.24, 2.45) is 0 Å². The van der Waals surface area contributed by atoms with Gasteiger partial charge in [-0.2, -0.15) is 0 Å². The number of hydrogen-bond donors (Lipinski definition) is 0. The maximum absolute atomic E-state index is 6.36. The number of hydrogen-bond acceptors (Lipinski definition) is 5. The van der Waals surface area contributed by atoms with Gasteiger partial charge in [-0.25, -0.2) is 15.0 Å². The smallest absolute Gasteiger partial charge is 0.164 e. The standard InChI is InChI=1S/C38H22N4O/c1-2-9-23(10-3-1)36-40-37(30-15-8-16-33-35(30)32-19-24-17-18-39-22-26(24)21-34(32)43-33)42-38(41-36)31-20-25-11-4-5-12-27(25)28-13-6-7-14-29(28)31/h1-22H. The molecule has 0 unspecified atom stereocenters. The minimum atomic E-state index is 0.601. The summed E-state index contributed by atoms with van der Waals surface area (Å²) in [4.78, 5) is 19.6. The average molecular weight is 551 g/mol. The van der Waals surface area contributed by atoms with Gasteiger partial charge in [0.15, 0.2) is 17.5 Å². The van der Waals surface area contributed by atoms with Crippen LogP contribution < -0.4 is 0 Å². The third kappa shape index (κ3) is 3.79. The maximum atomic E-state index is 6.36. The Morgan fingerprint density at radius 3 is 2.07 bits per heavy atom. The van der Waals surface area contributed by atoms with Crippen LogP contribution in [-0.4, -0.2) is 19.9 Å². The van der Waals surface area contributed by atoms with E-state index in [0.29, 0.717) is 17.5 Å². The molecule has 0 saturated carbocycles. The highest BCUT2D eigenvalue weighted by atomic mass is 16.3. The molecule has 0 bridgehead atoms. The normalized spacial score (nSPS) is 11.7. The summed E-state index contributed by atoms with van der Waals surface area (Å²) < 4.78 is 6.36. The molecule has 0 saturated heterocycles. The molecule has 5 nitrogen and oxygen atoms in total. The summed E-state index contributed by atoms with van der Waals surface area (Å²) in [6.45, 7) is 0. The van der Waals surface area contributed by atoms with Crippen molar-refractivity contribution >= 4 is 54.3 Å². The molecule has 9 rings (SSSR count). The second-order valence-electron chi connectivity index (χ2n) is 10.7. The van der Waals surface area contributed by atoms with E-state index >= 15 is 0 Å². The molecule has 43 heavy (non-hydrogen) atoms. The van der Waals surface area contributed by atoms with Crippen molar-refractivity contribution in [2.75, 3.05) is 0 Å². The number of fused-ring (bicyclic) bond motifs is 7. The molecular weight excluding hydrogens is 528 g/mol. The Balaban J connectivity index is 1.36. The number of furan rings is 1. The quantitative estimate of drug-likeness (QED) is 0.205. The highest BCUT2D eigenvalue weighted by Gasteiger charge is 2.19. The molecule has 200 valence electrons. The van der Waals surface area contributed by atoms with Crippen molar-refractivity contribution in [1.29, 1.82) is 0 Å². The molecule has 3 heterocycles. The molecule has 5 heteroatoms. The van der Waals surface area contributed by atoms with Crippen LogP contribution in [0.1, 0.15) is 0 Å². The lowest BCUT2D eigenvalue weighted by Crippen LogP contribution is -2.01. The van der Waals surface area contributed by atoms with Gasteiger partial charge in [-0.3, -0.25) is 4.98 Å². The predicted octanol–water partition coefficient (Wildman–Crippen LogP) is 9.63. The largest absolute Gasteiger partial charge is 0.456 e. The summed E-state index contributed by atoms with van der Waals surface area (Å²) >= 11 is 0. The van der Waals surface area contributed by atoms with Gasteiger partial charge in [0.2, 0.25) is 0 Å². The van der Waals surface area contributed by atoms with Crippen molar-refractivity contribution in [1.82, 2.24) is 19.9 Å². The summed E-state index contributed by atoms with van der Waals surface area (Å²) in [6, 6.07) is 41.5. The number of aromatic nitrogens is 4. The summed E-state index contributed by atoms with van der Waals surface area (Å²) in [5.74, 6) is 1.86. The van der Waals surface area contributed by atoms with Gasteiger partial charge in [-0.1, -0.05) is 91.0 Å². The van der Waals surface area contributed by atoms with Crippen LogP contribution in [0.4, 0.5) is 0 Å². The fraction of sp³-hybridized carbons (Fsp3) is 0. The fourth-order valence-corrected chi connectivity index (χ4v) is 6.17. The molecule has 0 fully saturated rings. The molecule has 9 aromatic rings. The van der Waals surface area contributed by atoms with E-state index in [0.717, 1.165) is 60.2 Å². The molecule has 0 atom stereocenters. The van der Waals surface area contributed by atoms with Gasteiger partial charge in [0.1, 0.15) is 11.2 Å². The molecule has 0 amide bonds. The van der Waals surface area contributed by atoms with E-state index in [1.54, 1.807) is 0 Å². The van der Waals surface area contributed by atoms with Gasteiger partial charge in [-0.05, 0) is 57.3 Å². The van der Waals surface area contributed by atoms with Gasteiger partial charge in [-0.15, -0.1) is 0 Å². The van der Waals surface area contributed by atoms with Crippen molar-refractivity contribution in [3.05, 3.63) is 134 Å². The van der Waals surface area contributed by atoms with Crippen LogP contribution in [0.5, 0.6) is 0 Å². The van der Waals surface area contributed by atoms with Crippen molar-refractivity contribution < 1.29 is 4.42 Å². The molecule has 0 N–H and O–H groups in total. The summed E-state index contributed by atoms with van der Waals surface area (Å²) in [5.41, 5.74) is 4.39. The SMILES string of the molecule is c1ccc(-c2nc(-c3cc4ccccc4c4ccccc34)nc(-c3cccc4oc5cc6cnccc6cc5c34)n2)cc1. The van der Waals surface area contributed by atoms with Crippen LogP contribution in [-0.2, 0) is 0 Å². The first kappa shape index (κ1) is 23.7. The fourth-order valence-electron chi connectivity index (χ4n) is 6.17. The lowest BCUT2D eigenvalue weighted by molar-refractivity contribution is 0.669. The van der Waals surface area contributed by atoms with Gasteiger partial charge in [0.25, 0.3) is 0 Å². The minimum absolute atomic E-state index is 0.601. The second-order valence-corrected chi connectivity index (χ2v) is 10.7. The highest BCUT2D eigenvalue weighted by molar-refractivity contribution is 6.16. The van der Waals surface area contributed by atoms with E-state index in [1.165, 1.54) is 10.8 Å². The molecule has 0 aliphatic rings. The molecule has 0 aliphatic heterocycles. The molecule has 3 aromatic heterocycles. The highest BCUT2D eigenvalue weighted by Crippen LogP contribution is 2.39. The minimum Gasteiger partial charge on any atom is -0.456 e. The van der Waals surface area contributed by atoms with Crippen LogP contribution in [0.15, 0.2) is 138 Å². The lowest BCUT2D eigenvalue weighted by Gasteiger charge is -2.12. The maximum Gasteiger partial charge on any atom is 0.164 e. The third-order valence-corrected chi connectivity index (χ3v) is 8.17. The first-order valence-corrected chi connectivity index (χ1v) is 14.2. The molecule has 6 aromatic carbocycles. The number of pyridine rings is 1. The second kappa shape index (κ2) is 9.29. The van der Waals surface area contributed by atoms with Gasteiger partial charge in [0, 0.05) is 45.2 Å². The van der Waals surface area contributed by atoms with Crippen LogP contribution in [0.3, 0.4) is 0 Å². The zero-order chi connectivity index (χ0) is 28.3. The topological polar surface area (TPSA) is 64.7 Å². The van der Waals surface area contributed by atoms with Gasteiger partial charge >= 0.3 is 0 Å². The van der Waals surface area contributed by atoms with E-state index in [9.17, 15) is 0 Å². The van der Waals surface area contributed by atoms with Crippen LogP contribution >= 0.6 is 0 Å². The van der Waals surface area contributed by atoms with E-state index in [-0.39, 0.29) is 0 Å². The van der Waals surface area contributed by atoms with Crippen LogP contribution in [0.25, 0.3) is 88.4 Å². The first-order valence-electron chi connectivity index (χ1n) is 14.2.